The summed E-state index contributed by atoms with van der Waals surface area (Å²) < 4.78 is 0. The molecule has 1 aromatic carbocycles. The quantitative estimate of drug-likeness (QED) is 0.878. The summed E-state index contributed by atoms with van der Waals surface area (Å²) in [5.74, 6) is 2.72. The van der Waals surface area contributed by atoms with Crippen molar-refractivity contribution in [2.75, 3.05) is 0 Å². The molecule has 3 nitrogen and oxygen atoms in total. The number of benzene rings is 1. The molecule has 118 valence electrons. The van der Waals surface area contributed by atoms with Crippen LogP contribution in [0.4, 0.5) is 0 Å². The fourth-order valence-corrected chi connectivity index (χ4v) is 5.59. The van der Waals surface area contributed by atoms with Gasteiger partial charge in [-0.1, -0.05) is 36.8 Å². The third kappa shape index (κ3) is 2.45. The molecule has 3 aliphatic rings. The summed E-state index contributed by atoms with van der Waals surface area (Å²) in [7, 11) is 0. The molecule has 0 spiro atoms. The number of hydrogen-bond acceptors (Lipinski definition) is 2. The van der Waals surface area contributed by atoms with Gasteiger partial charge in [-0.2, -0.15) is 0 Å². The SMILES string of the molecule is O=C(O)[C@@H](Cc1ccccc1)NC1CC2CC1C1CCCC21. The van der Waals surface area contributed by atoms with Gasteiger partial charge in [-0.15, -0.1) is 0 Å². The fraction of sp³-hybridized carbons (Fsp3) is 0.632. The van der Waals surface area contributed by atoms with Gasteiger partial charge in [-0.25, -0.2) is 0 Å². The molecule has 6 atom stereocenters. The Kier molecular flexibility index (Phi) is 3.69. The monoisotopic (exact) mass is 299 g/mol. The number of hydrogen-bond donors (Lipinski definition) is 2. The molecule has 3 fully saturated rings. The first-order chi connectivity index (χ1) is 10.7. The molecule has 1 aromatic rings. The molecule has 3 aliphatic carbocycles. The van der Waals surface area contributed by atoms with Crippen molar-refractivity contribution in [3.63, 3.8) is 0 Å². The van der Waals surface area contributed by atoms with Crippen molar-refractivity contribution in [1.29, 1.82) is 0 Å². The largest absolute Gasteiger partial charge is 0.480 e. The second-order valence-electron chi connectivity index (χ2n) is 7.51. The highest BCUT2D eigenvalue weighted by Crippen LogP contribution is 2.58. The summed E-state index contributed by atoms with van der Waals surface area (Å²) in [6.07, 6.45) is 7.31. The number of carboxylic acids is 1. The van der Waals surface area contributed by atoms with Crippen LogP contribution in [0.15, 0.2) is 30.3 Å². The first-order valence-corrected chi connectivity index (χ1v) is 8.75. The van der Waals surface area contributed by atoms with Crippen LogP contribution in [0.2, 0.25) is 0 Å². The predicted molar refractivity (Wildman–Crippen MR) is 85.5 cm³/mol. The topological polar surface area (TPSA) is 49.3 Å². The Balaban J connectivity index is 1.43. The van der Waals surface area contributed by atoms with Crippen LogP contribution in [0.1, 0.15) is 37.7 Å². The van der Waals surface area contributed by atoms with Gasteiger partial charge in [-0.3, -0.25) is 4.79 Å². The van der Waals surface area contributed by atoms with Crippen LogP contribution in [-0.4, -0.2) is 23.2 Å². The molecule has 0 aliphatic heterocycles. The van der Waals surface area contributed by atoms with Gasteiger partial charge >= 0.3 is 5.97 Å². The van der Waals surface area contributed by atoms with E-state index in [0.717, 1.165) is 29.2 Å². The van der Waals surface area contributed by atoms with Crippen LogP contribution in [0.25, 0.3) is 0 Å². The van der Waals surface area contributed by atoms with Crippen LogP contribution >= 0.6 is 0 Å². The number of carbonyl (C=O) groups is 1. The molecule has 0 amide bonds. The molecule has 2 N–H and O–H groups in total. The molecule has 0 saturated heterocycles. The third-order valence-corrected chi connectivity index (χ3v) is 6.42. The zero-order valence-electron chi connectivity index (χ0n) is 12.9. The van der Waals surface area contributed by atoms with E-state index in [1.165, 1.54) is 32.1 Å². The number of nitrogens with one attached hydrogen (secondary N) is 1. The van der Waals surface area contributed by atoms with E-state index in [0.29, 0.717) is 12.5 Å². The van der Waals surface area contributed by atoms with Crippen molar-refractivity contribution in [3.8, 4) is 0 Å². The molecular formula is C19H25NO2. The minimum absolute atomic E-state index is 0.425. The summed E-state index contributed by atoms with van der Waals surface area (Å²) in [5.41, 5.74) is 1.10. The van der Waals surface area contributed by atoms with E-state index >= 15 is 0 Å². The highest BCUT2D eigenvalue weighted by molar-refractivity contribution is 5.74. The van der Waals surface area contributed by atoms with Crippen molar-refractivity contribution in [3.05, 3.63) is 35.9 Å². The lowest BCUT2D eigenvalue weighted by atomic mass is 9.79. The maximum Gasteiger partial charge on any atom is 0.321 e. The summed E-state index contributed by atoms with van der Waals surface area (Å²) in [6.45, 7) is 0. The van der Waals surface area contributed by atoms with Crippen LogP contribution in [0, 0.1) is 23.7 Å². The lowest BCUT2D eigenvalue weighted by Crippen LogP contribution is -2.48. The van der Waals surface area contributed by atoms with Gasteiger partial charge in [0, 0.05) is 6.04 Å². The summed E-state index contributed by atoms with van der Waals surface area (Å²) in [4.78, 5) is 11.7. The minimum atomic E-state index is -0.713. The summed E-state index contributed by atoms with van der Waals surface area (Å²) in [5, 5.41) is 13.1. The molecule has 5 unspecified atom stereocenters. The van der Waals surface area contributed by atoms with Gasteiger partial charge in [-0.05, 0) is 61.3 Å². The highest BCUT2D eigenvalue weighted by Gasteiger charge is 2.54. The Bertz CT molecular complexity index is 544. The Morgan fingerprint density at radius 1 is 1.14 bits per heavy atom. The van der Waals surface area contributed by atoms with Crippen LogP contribution in [0.5, 0.6) is 0 Å². The van der Waals surface area contributed by atoms with Crippen molar-refractivity contribution in [1.82, 2.24) is 5.32 Å². The molecule has 3 heteroatoms. The van der Waals surface area contributed by atoms with Crippen LogP contribution < -0.4 is 5.32 Å². The Hall–Kier alpha value is -1.35. The van der Waals surface area contributed by atoms with Gasteiger partial charge in [0.1, 0.15) is 6.04 Å². The fourth-order valence-electron chi connectivity index (χ4n) is 5.59. The lowest BCUT2D eigenvalue weighted by Gasteiger charge is -2.34. The van der Waals surface area contributed by atoms with Gasteiger partial charge < -0.3 is 10.4 Å². The zero-order chi connectivity index (χ0) is 15.1. The van der Waals surface area contributed by atoms with Crippen LogP contribution in [-0.2, 0) is 11.2 Å². The van der Waals surface area contributed by atoms with E-state index in [1.54, 1.807) is 0 Å². The van der Waals surface area contributed by atoms with Crippen molar-refractivity contribution >= 4 is 5.97 Å². The van der Waals surface area contributed by atoms with Gasteiger partial charge in [0.15, 0.2) is 0 Å². The zero-order valence-corrected chi connectivity index (χ0v) is 12.9. The normalized spacial score (nSPS) is 37.2. The molecule has 0 radical (unpaired) electrons. The average molecular weight is 299 g/mol. The first kappa shape index (κ1) is 14.3. The average Bonchev–Trinajstić information content (AvgIpc) is 3.20. The van der Waals surface area contributed by atoms with E-state index in [1.807, 2.05) is 30.3 Å². The van der Waals surface area contributed by atoms with Gasteiger partial charge in [0.05, 0.1) is 0 Å². The van der Waals surface area contributed by atoms with Crippen molar-refractivity contribution < 1.29 is 9.90 Å². The highest BCUT2D eigenvalue weighted by atomic mass is 16.4. The predicted octanol–water partition coefficient (Wildman–Crippen LogP) is 3.10. The molecule has 0 aromatic heterocycles. The molecule has 4 rings (SSSR count). The standard InChI is InChI=1S/C19H25NO2/c21-19(22)18(9-12-5-2-1-3-6-12)20-17-11-13-10-16(17)15-8-4-7-14(13)15/h1-3,5-6,13-18,20H,4,7-11H2,(H,21,22)/t13?,14?,15?,16?,17?,18-/m1/s1. The molecule has 2 bridgehead atoms. The smallest absolute Gasteiger partial charge is 0.321 e. The maximum absolute atomic E-state index is 11.7. The minimum Gasteiger partial charge on any atom is -0.480 e. The molecular weight excluding hydrogens is 274 g/mol. The third-order valence-electron chi connectivity index (χ3n) is 6.42. The van der Waals surface area contributed by atoms with E-state index < -0.39 is 12.0 Å². The van der Waals surface area contributed by atoms with E-state index in [4.69, 9.17) is 0 Å². The first-order valence-electron chi connectivity index (χ1n) is 8.75. The second kappa shape index (κ2) is 5.69. The van der Waals surface area contributed by atoms with Crippen LogP contribution in [0.3, 0.4) is 0 Å². The summed E-state index contributed by atoms with van der Waals surface area (Å²) in [6, 6.07) is 9.95. The molecule has 3 saturated carbocycles. The van der Waals surface area contributed by atoms with Gasteiger partial charge in [0.2, 0.25) is 0 Å². The van der Waals surface area contributed by atoms with Gasteiger partial charge in [0.25, 0.3) is 0 Å². The Morgan fingerprint density at radius 3 is 2.68 bits per heavy atom. The maximum atomic E-state index is 11.7. The van der Waals surface area contributed by atoms with Crippen molar-refractivity contribution in [2.24, 2.45) is 23.7 Å². The lowest BCUT2D eigenvalue weighted by molar-refractivity contribution is -0.139. The Labute approximate surface area is 132 Å². The van der Waals surface area contributed by atoms with E-state index in [9.17, 15) is 9.90 Å². The number of fused-ring (bicyclic) bond motifs is 5. The van der Waals surface area contributed by atoms with E-state index in [2.05, 4.69) is 5.32 Å². The molecule has 22 heavy (non-hydrogen) atoms. The van der Waals surface area contributed by atoms with E-state index in [-0.39, 0.29) is 0 Å². The number of aliphatic carboxylic acids is 1. The number of carboxylic acid groups (broad SMARTS) is 1. The molecule has 0 heterocycles. The second-order valence-corrected chi connectivity index (χ2v) is 7.51. The summed E-state index contributed by atoms with van der Waals surface area (Å²) >= 11 is 0. The Morgan fingerprint density at radius 2 is 1.91 bits per heavy atom. The van der Waals surface area contributed by atoms with Crippen molar-refractivity contribution in [2.45, 2.75) is 50.6 Å². The number of rotatable bonds is 5.